The molecular formula is C17H26N2O3. The lowest BCUT2D eigenvalue weighted by atomic mass is 9.91. The van der Waals surface area contributed by atoms with Crippen LogP contribution in [0.1, 0.15) is 34.1 Å². The standard InChI is InChI=1S/C17H26N2O3/c1-6-19(16(21)11-17(2,3)4)12-15(20)18-13-7-9-14(22-5)10-8-13/h7-10H,6,11-12H2,1-5H3,(H,18,20). The number of nitrogens with zero attached hydrogens (tertiary/aromatic N) is 1. The van der Waals surface area contributed by atoms with Gasteiger partial charge in [-0.25, -0.2) is 0 Å². The highest BCUT2D eigenvalue weighted by Crippen LogP contribution is 2.20. The van der Waals surface area contributed by atoms with Crippen LogP contribution in [0.5, 0.6) is 5.75 Å². The van der Waals surface area contributed by atoms with E-state index in [2.05, 4.69) is 5.32 Å². The molecule has 0 radical (unpaired) electrons. The van der Waals surface area contributed by atoms with Gasteiger partial charge in [0.2, 0.25) is 11.8 Å². The molecule has 0 aliphatic heterocycles. The fourth-order valence-electron chi connectivity index (χ4n) is 1.99. The molecule has 0 saturated carbocycles. The molecule has 1 aromatic carbocycles. The van der Waals surface area contributed by atoms with Crippen molar-refractivity contribution >= 4 is 17.5 Å². The van der Waals surface area contributed by atoms with Crippen LogP contribution in [0, 0.1) is 5.41 Å². The van der Waals surface area contributed by atoms with Gasteiger partial charge in [0.25, 0.3) is 0 Å². The minimum atomic E-state index is -0.200. The summed E-state index contributed by atoms with van der Waals surface area (Å²) in [5, 5.41) is 2.79. The summed E-state index contributed by atoms with van der Waals surface area (Å²) in [4.78, 5) is 25.8. The monoisotopic (exact) mass is 306 g/mol. The Kier molecular flexibility index (Phi) is 6.40. The average molecular weight is 306 g/mol. The number of anilines is 1. The first-order valence-corrected chi connectivity index (χ1v) is 7.47. The van der Waals surface area contributed by atoms with E-state index < -0.39 is 0 Å². The summed E-state index contributed by atoms with van der Waals surface area (Å²) in [5.41, 5.74) is 0.599. The van der Waals surface area contributed by atoms with Gasteiger partial charge in [0.05, 0.1) is 13.7 Å². The number of rotatable bonds is 6. The molecule has 5 heteroatoms. The summed E-state index contributed by atoms with van der Waals surface area (Å²) in [5.74, 6) is 0.530. The number of nitrogens with one attached hydrogen (secondary N) is 1. The highest BCUT2D eigenvalue weighted by Gasteiger charge is 2.21. The predicted molar refractivity (Wildman–Crippen MR) is 87.9 cm³/mol. The number of carbonyl (C=O) groups excluding carboxylic acids is 2. The van der Waals surface area contributed by atoms with E-state index in [1.54, 1.807) is 36.3 Å². The third-order valence-corrected chi connectivity index (χ3v) is 3.12. The van der Waals surface area contributed by atoms with Gasteiger partial charge < -0.3 is 15.0 Å². The molecule has 22 heavy (non-hydrogen) atoms. The zero-order valence-corrected chi connectivity index (χ0v) is 14.1. The van der Waals surface area contributed by atoms with Gasteiger partial charge >= 0.3 is 0 Å². The molecule has 0 spiro atoms. The zero-order chi connectivity index (χ0) is 16.8. The number of benzene rings is 1. The number of ether oxygens (including phenoxy) is 1. The van der Waals surface area contributed by atoms with Crippen LogP contribution in [0.25, 0.3) is 0 Å². The Morgan fingerprint density at radius 2 is 1.77 bits per heavy atom. The van der Waals surface area contributed by atoms with Crippen LogP contribution in [0.3, 0.4) is 0 Å². The van der Waals surface area contributed by atoms with Crippen molar-refractivity contribution in [3.05, 3.63) is 24.3 Å². The molecule has 1 N–H and O–H groups in total. The van der Waals surface area contributed by atoms with Crippen LogP contribution < -0.4 is 10.1 Å². The molecule has 1 rings (SSSR count). The van der Waals surface area contributed by atoms with E-state index >= 15 is 0 Å². The van der Waals surface area contributed by atoms with Gasteiger partial charge in [-0.2, -0.15) is 0 Å². The quantitative estimate of drug-likeness (QED) is 0.879. The van der Waals surface area contributed by atoms with E-state index in [-0.39, 0.29) is 23.8 Å². The Morgan fingerprint density at radius 1 is 1.18 bits per heavy atom. The molecule has 0 heterocycles. The van der Waals surface area contributed by atoms with E-state index in [9.17, 15) is 9.59 Å². The molecule has 0 aliphatic carbocycles. The molecule has 0 aliphatic rings. The molecular weight excluding hydrogens is 280 g/mol. The second-order valence-electron chi connectivity index (χ2n) is 6.42. The molecule has 122 valence electrons. The number of hydrogen-bond donors (Lipinski definition) is 1. The van der Waals surface area contributed by atoms with Gasteiger partial charge in [-0.1, -0.05) is 20.8 Å². The van der Waals surface area contributed by atoms with Gasteiger partial charge in [0.1, 0.15) is 5.75 Å². The summed E-state index contributed by atoms with van der Waals surface area (Å²) in [7, 11) is 1.59. The maximum atomic E-state index is 12.2. The summed E-state index contributed by atoms with van der Waals surface area (Å²) in [6.45, 7) is 8.49. The molecule has 0 aromatic heterocycles. The van der Waals surface area contributed by atoms with Crippen molar-refractivity contribution in [1.29, 1.82) is 0 Å². The summed E-state index contributed by atoms with van der Waals surface area (Å²) < 4.78 is 5.07. The van der Waals surface area contributed by atoms with Crippen LogP contribution in [-0.2, 0) is 9.59 Å². The molecule has 5 nitrogen and oxygen atoms in total. The number of methoxy groups -OCH3 is 1. The topological polar surface area (TPSA) is 58.6 Å². The molecule has 0 unspecified atom stereocenters. The van der Waals surface area contributed by atoms with E-state index in [0.29, 0.717) is 18.7 Å². The van der Waals surface area contributed by atoms with Crippen molar-refractivity contribution in [2.45, 2.75) is 34.1 Å². The predicted octanol–water partition coefficient (Wildman–Crippen LogP) is 2.92. The van der Waals surface area contributed by atoms with Crippen molar-refractivity contribution in [1.82, 2.24) is 4.90 Å². The fourth-order valence-corrected chi connectivity index (χ4v) is 1.99. The minimum absolute atomic E-state index is 0.000110. The Labute approximate surface area is 132 Å². The summed E-state index contributed by atoms with van der Waals surface area (Å²) >= 11 is 0. The highest BCUT2D eigenvalue weighted by atomic mass is 16.5. The highest BCUT2D eigenvalue weighted by molar-refractivity contribution is 5.94. The number of carbonyl (C=O) groups is 2. The van der Waals surface area contributed by atoms with E-state index in [4.69, 9.17) is 4.74 Å². The average Bonchev–Trinajstić information content (AvgIpc) is 2.43. The van der Waals surface area contributed by atoms with E-state index in [0.717, 1.165) is 5.75 Å². The second kappa shape index (κ2) is 7.82. The SMILES string of the molecule is CCN(CC(=O)Nc1ccc(OC)cc1)C(=O)CC(C)(C)C. The third kappa shape index (κ3) is 6.16. The van der Waals surface area contributed by atoms with Crippen molar-refractivity contribution in [3.63, 3.8) is 0 Å². The van der Waals surface area contributed by atoms with Crippen LogP contribution in [0.15, 0.2) is 24.3 Å². The van der Waals surface area contributed by atoms with Crippen LogP contribution >= 0.6 is 0 Å². The summed E-state index contributed by atoms with van der Waals surface area (Å²) in [6.07, 6.45) is 0.427. The lowest BCUT2D eigenvalue weighted by molar-refractivity contribution is -0.136. The van der Waals surface area contributed by atoms with Crippen LogP contribution in [0.2, 0.25) is 0 Å². The number of amides is 2. The van der Waals surface area contributed by atoms with Gasteiger partial charge in [-0.3, -0.25) is 9.59 Å². The molecule has 0 fully saturated rings. The lowest BCUT2D eigenvalue weighted by Gasteiger charge is -2.25. The van der Waals surface area contributed by atoms with Gasteiger partial charge in [0, 0.05) is 18.7 Å². The molecule has 2 amide bonds. The largest absolute Gasteiger partial charge is 0.497 e. The van der Waals surface area contributed by atoms with Gasteiger partial charge in [-0.05, 0) is 36.6 Å². The zero-order valence-electron chi connectivity index (χ0n) is 14.1. The first kappa shape index (κ1) is 18.0. The van der Waals surface area contributed by atoms with Crippen molar-refractivity contribution < 1.29 is 14.3 Å². The first-order chi connectivity index (χ1) is 10.2. The Morgan fingerprint density at radius 3 is 2.23 bits per heavy atom. The van der Waals surface area contributed by atoms with Crippen molar-refractivity contribution in [2.75, 3.05) is 25.5 Å². The number of likely N-dealkylation sites (N-methyl/N-ethyl adjacent to an activating group) is 1. The van der Waals surface area contributed by atoms with Crippen molar-refractivity contribution in [3.8, 4) is 5.75 Å². The Hall–Kier alpha value is -2.04. The summed E-state index contributed by atoms with van der Waals surface area (Å²) in [6, 6.07) is 7.09. The van der Waals surface area contributed by atoms with Gasteiger partial charge in [0.15, 0.2) is 0 Å². The Bertz CT molecular complexity index is 504. The van der Waals surface area contributed by atoms with Crippen LogP contribution in [-0.4, -0.2) is 36.9 Å². The van der Waals surface area contributed by atoms with E-state index in [1.807, 2.05) is 27.7 Å². The fraction of sp³-hybridized carbons (Fsp3) is 0.529. The maximum absolute atomic E-state index is 12.2. The Balaban J connectivity index is 2.59. The van der Waals surface area contributed by atoms with Crippen LogP contribution in [0.4, 0.5) is 5.69 Å². The van der Waals surface area contributed by atoms with Gasteiger partial charge in [-0.15, -0.1) is 0 Å². The third-order valence-electron chi connectivity index (χ3n) is 3.12. The number of hydrogen-bond acceptors (Lipinski definition) is 3. The molecule has 0 saturated heterocycles. The first-order valence-electron chi connectivity index (χ1n) is 7.47. The molecule has 0 bridgehead atoms. The normalized spacial score (nSPS) is 11.0. The smallest absolute Gasteiger partial charge is 0.243 e. The minimum Gasteiger partial charge on any atom is -0.497 e. The second-order valence-corrected chi connectivity index (χ2v) is 6.42. The van der Waals surface area contributed by atoms with E-state index in [1.165, 1.54) is 0 Å². The lowest BCUT2D eigenvalue weighted by Crippen LogP contribution is -2.39. The molecule has 1 aromatic rings. The molecule has 0 atom stereocenters. The van der Waals surface area contributed by atoms with Crippen molar-refractivity contribution in [2.24, 2.45) is 5.41 Å². The maximum Gasteiger partial charge on any atom is 0.243 e.